The first-order valence-corrected chi connectivity index (χ1v) is 8.87. The van der Waals surface area contributed by atoms with Gasteiger partial charge < -0.3 is 0 Å². The van der Waals surface area contributed by atoms with Gasteiger partial charge in [-0.1, -0.05) is 32.1 Å². The molecule has 0 aliphatic carbocycles. The van der Waals surface area contributed by atoms with Gasteiger partial charge in [0.15, 0.2) is 0 Å². The Labute approximate surface area is 122 Å². The maximum Gasteiger partial charge on any atom is 0.147 e. The molecule has 0 saturated carbocycles. The van der Waals surface area contributed by atoms with E-state index >= 15 is 0 Å². The lowest BCUT2D eigenvalue weighted by Gasteiger charge is -2.37. The molecular formula is C17H26OS. The third-order valence-corrected chi connectivity index (χ3v) is 5.91. The van der Waals surface area contributed by atoms with Gasteiger partial charge in [-0.25, -0.2) is 0 Å². The number of hydrogen-bond acceptors (Lipinski definition) is 2. The van der Waals surface area contributed by atoms with E-state index in [0.29, 0.717) is 18.1 Å². The zero-order valence-electron chi connectivity index (χ0n) is 12.1. The molecule has 1 nitrogen and oxygen atoms in total. The maximum absolute atomic E-state index is 12.2. The van der Waals surface area contributed by atoms with E-state index < -0.39 is 0 Å². The Bertz CT molecular complexity index is 340. The molecule has 106 valence electrons. The van der Waals surface area contributed by atoms with Gasteiger partial charge in [0.2, 0.25) is 0 Å². The molecule has 0 aromatic carbocycles. The highest BCUT2D eigenvalue weighted by atomic mass is 32.2. The summed E-state index contributed by atoms with van der Waals surface area (Å²) in [6.07, 6.45) is 11.4. The zero-order valence-corrected chi connectivity index (χ0v) is 12.9. The van der Waals surface area contributed by atoms with Crippen molar-refractivity contribution in [3.63, 3.8) is 0 Å². The fourth-order valence-corrected chi connectivity index (χ4v) is 5.00. The van der Waals surface area contributed by atoms with Crippen LogP contribution in [0.15, 0.2) is 0 Å². The lowest BCUT2D eigenvalue weighted by atomic mass is 9.86. The molecule has 2 heteroatoms. The lowest BCUT2D eigenvalue weighted by molar-refractivity contribution is -0.122. The summed E-state index contributed by atoms with van der Waals surface area (Å²) < 4.78 is 0. The van der Waals surface area contributed by atoms with E-state index in [-0.39, 0.29) is 0 Å². The molecule has 0 aromatic rings. The van der Waals surface area contributed by atoms with Crippen molar-refractivity contribution in [1.82, 2.24) is 0 Å². The van der Waals surface area contributed by atoms with Crippen LogP contribution in [-0.4, -0.2) is 16.3 Å². The number of thioether (sulfide) groups is 1. The van der Waals surface area contributed by atoms with Crippen LogP contribution < -0.4 is 0 Å². The largest absolute Gasteiger partial charge is 0.298 e. The van der Waals surface area contributed by atoms with Crippen molar-refractivity contribution in [3.8, 4) is 11.8 Å². The van der Waals surface area contributed by atoms with Crippen LogP contribution in [0.5, 0.6) is 0 Å². The van der Waals surface area contributed by atoms with E-state index in [1.54, 1.807) is 0 Å². The van der Waals surface area contributed by atoms with Gasteiger partial charge in [0.05, 0.1) is 6.42 Å². The molecule has 2 aliphatic heterocycles. The van der Waals surface area contributed by atoms with Gasteiger partial charge in [0.25, 0.3) is 0 Å². The van der Waals surface area contributed by atoms with Gasteiger partial charge in [0, 0.05) is 22.8 Å². The molecule has 2 saturated heterocycles. The van der Waals surface area contributed by atoms with Crippen molar-refractivity contribution in [2.24, 2.45) is 5.92 Å². The monoisotopic (exact) mass is 278 g/mol. The average molecular weight is 278 g/mol. The van der Waals surface area contributed by atoms with Crippen LogP contribution in [0.2, 0.25) is 0 Å². The molecule has 2 fully saturated rings. The minimum absolute atomic E-state index is 0.321. The summed E-state index contributed by atoms with van der Waals surface area (Å²) >= 11 is 2.14. The van der Waals surface area contributed by atoms with E-state index in [1.165, 1.54) is 38.5 Å². The highest BCUT2D eigenvalue weighted by Crippen LogP contribution is 2.44. The third kappa shape index (κ3) is 4.88. The molecule has 2 aliphatic rings. The molecular weight excluding hydrogens is 252 g/mol. The highest BCUT2D eigenvalue weighted by molar-refractivity contribution is 8.00. The smallest absolute Gasteiger partial charge is 0.147 e. The Balaban J connectivity index is 1.71. The second-order valence-corrected chi connectivity index (χ2v) is 7.54. The minimum atomic E-state index is 0.321. The molecule has 19 heavy (non-hydrogen) atoms. The van der Waals surface area contributed by atoms with Gasteiger partial charge in [-0.3, -0.25) is 4.79 Å². The number of unbranched alkanes of at least 4 members (excludes halogenated alkanes) is 3. The quantitative estimate of drug-likeness (QED) is 0.540. The van der Waals surface area contributed by atoms with Gasteiger partial charge in [-0.15, -0.1) is 5.92 Å². The zero-order chi connectivity index (χ0) is 13.5. The van der Waals surface area contributed by atoms with E-state index in [0.717, 1.165) is 29.8 Å². The first kappa shape index (κ1) is 15.0. The predicted octanol–water partition coefficient (Wildman–Crippen LogP) is 4.59. The summed E-state index contributed by atoms with van der Waals surface area (Å²) in [6, 6.07) is 0. The molecule has 2 heterocycles. The predicted molar refractivity (Wildman–Crippen MR) is 83.3 cm³/mol. The van der Waals surface area contributed by atoms with Crippen molar-refractivity contribution in [2.75, 3.05) is 0 Å². The summed E-state index contributed by atoms with van der Waals surface area (Å²) in [5, 5.41) is 1.53. The van der Waals surface area contributed by atoms with Crippen molar-refractivity contribution >= 4 is 17.5 Å². The number of ketones is 1. The lowest BCUT2D eigenvalue weighted by Crippen LogP contribution is -2.32. The Hall–Kier alpha value is -0.420. The van der Waals surface area contributed by atoms with Crippen molar-refractivity contribution < 1.29 is 4.79 Å². The number of hydrogen-bond donors (Lipinski definition) is 0. The van der Waals surface area contributed by atoms with Gasteiger partial charge >= 0.3 is 0 Å². The second kappa shape index (κ2) is 8.00. The van der Waals surface area contributed by atoms with Crippen LogP contribution in [0.3, 0.4) is 0 Å². The van der Waals surface area contributed by atoms with Crippen molar-refractivity contribution in [1.29, 1.82) is 0 Å². The summed E-state index contributed by atoms with van der Waals surface area (Å²) in [6.45, 7) is 2.20. The standard InChI is InChI=1S/C17H26OS/c1-2-3-4-5-6-7-11-17(18)14-12-15-9-8-10-16(13-14)19-15/h14-16H,2-5,8-13H2,1H3. The fourth-order valence-electron chi connectivity index (χ4n) is 3.17. The molecule has 0 N–H and O–H groups in total. The summed E-state index contributed by atoms with van der Waals surface area (Å²) in [5.41, 5.74) is 0. The van der Waals surface area contributed by atoms with Crippen LogP contribution in [0.25, 0.3) is 0 Å². The average Bonchev–Trinajstić information content (AvgIpc) is 2.42. The third-order valence-electron chi connectivity index (χ3n) is 4.28. The van der Waals surface area contributed by atoms with E-state index in [2.05, 4.69) is 30.5 Å². The SMILES string of the molecule is CCCCCC#CCC(=O)C1CC2CCCC(C1)S2. The molecule has 2 atom stereocenters. The van der Waals surface area contributed by atoms with E-state index in [9.17, 15) is 4.79 Å². The van der Waals surface area contributed by atoms with Crippen molar-refractivity contribution in [2.45, 2.75) is 81.6 Å². The number of carbonyl (C=O) groups is 1. The molecule has 0 radical (unpaired) electrons. The number of Topliss-reactive ketones (excluding diaryl/α,β-unsaturated/α-hetero) is 1. The van der Waals surface area contributed by atoms with Crippen LogP contribution >= 0.6 is 11.8 Å². The summed E-state index contributed by atoms with van der Waals surface area (Å²) in [7, 11) is 0. The Morgan fingerprint density at radius 2 is 1.89 bits per heavy atom. The Morgan fingerprint density at radius 1 is 1.16 bits per heavy atom. The summed E-state index contributed by atoms with van der Waals surface area (Å²) in [5.74, 6) is 7.00. The van der Waals surface area contributed by atoms with Gasteiger partial charge in [0.1, 0.15) is 5.78 Å². The number of fused-ring (bicyclic) bond motifs is 2. The molecule has 2 bridgehead atoms. The van der Waals surface area contributed by atoms with Gasteiger partial charge in [-0.05, 0) is 32.1 Å². The molecule has 0 amide bonds. The Kier molecular flexibility index (Phi) is 6.31. The molecule has 2 unspecified atom stereocenters. The Morgan fingerprint density at radius 3 is 2.58 bits per heavy atom. The first-order chi connectivity index (χ1) is 9.29. The molecule has 0 spiro atoms. The minimum Gasteiger partial charge on any atom is -0.298 e. The topological polar surface area (TPSA) is 17.1 Å². The van der Waals surface area contributed by atoms with Crippen LogP contribution in [0, 0.1) is 17.8 Å². The van der Waals surface area contributed by atoms with Crippen molar-refractivity contribution in [3.05, 3.63) is 0 Å². The van der Waals surface area contributed by atoms with Crippen LogP contribution in [0.1, 0.15) is 71.1 Å². The highest BCUT2D eigenvalue weighted by Gasteiger charge is 2.34. The van der Waals surface area contributed by atoms with Crippen LogP contribution in [-0.2, 0) is 4.79 Å². The fraction of sp³-hybridized carbons (Fsp3) is 0.824. The van der Waals surface area contributed by atoms with Crippen LogP contribution in [0.4, 0.5) is 0 Å². The normalized spacial score (nSPS) is 29.4. The number of carbonyl (C=O) groups excluding carboxylic acids is 1. The second-order valence-electron chi connectivity index (χ2n) is 5.93. The van der Waals surface area contributed by atoms with Gasteiger partial charge in [-0.2, -0.15) is 11.8 Å². The number of rotatable bonds is 5. The molecule has 0 aromatic heterocycles. The molecule has 2 rings (SSSR count). The van der Waals surface area contributed by atoms with E-state index in [4.69, 9.17) is 0 Å². The van der Waals surface area contributed by atoms with E-state index in [1.807, 2.05) is 0 Å². The summed E-state index contributed by atoms with van der Waals surface area (Å²) in [4.78, 5) is 12.2. The first-order valence-electron chi connectivity index (χ1n) is 7.93. The maximum atomic E-state index is 12.2.